The Bertz CT molecular complexity index is 514. The lowest BCUT2D eigenvalue weighted by atomic mass is 9.92. The molecule has 2 heterocycles. The molecule has 0 atom stereocenters. The fourth-order valence-corrected chi connectivity index (χ4v) is 1.63. The van der Waals surface area contributed by atoms with Crippen molar-refractivity contribution in [2.24, 2.45) is 0 Å². The first kappa shape index (κ1) is 9.06. The SMILES string of the molecule is CC(C)(C)c1c[nH]c(=O)c2cccn12. The number of aromatic amines is 1. The summed E-state index contributed by atoms with van der Waals surface area (Å²) in [7, 11) is 0. The van der Waals surface area contributed by atoms with E-state index in [9.17, 15) is 4.79 Å². The van der Waals surface area contributed by atoms with Crippen molar-refractivity contribution in [1.29, 1.82) is 0 Å². The summed E-state index contributed by atoms with van der Waals surface area (Å²) in [6, 6.07) is 3.72. The van der Waals surface area contributed by atoms with Crippen LogP contribution in [-0.4, -0.2) is 9.38 Å². The maximum atomic E-state index is 11.4. The third kappa shape index (κ3) is 1.25. The standard InChI is InChI=1S/C11H14N2O/c1-11(2,3)9-7-12-10(14)8-5-4-6-13(8)9/h4-7H,1-3H3,(H,12,14). The second-order valence-corrected chi connectivity index (χ2v) is 4.52. The van der Waals surface area contributed by atoms with Gasteiger partial charge in [-0.1, -0.05) is 20.8 Å². The molecule has 0 aliphatic carbocycles. The summed E-state index contributed by atoms with van der Waals surface area (Å²) in [5, 5.41) is 0. The number of hydrogen-bond donors (Lipinski definition) is 1. The second-order valence-electron chi connectivity index (χ2n) is 4.52. The zero-order valence-corrected chi connectivity index (χ0v) is 8.66. The maximum absolute atomic E-state index is 11.4. The van der Waals surface area contributed by atoms with Gasteiger partial charge in [-0.3, -0.25) is 4.79 Å². The minimum absolute atomic E-state index is 0.0292. The number of aromatic nitrogens is 2. The Morgan fingerprint density at radius 1 is 1.36 bits per heavy atom. The molecule has 0 unspecified atom stereocenters. The Morgan fingerprint density at radius 2 is 2.07 bits per heavy atom. The van der Waals surface area contributed by atoms with Crippen LogP contribution >= 0.6 is 0 Å². The first-order valence-corrected chi connectivity index (χ1v) is 4.69. The largest absolute Gasteiger partial charge is 0.326 e. The topological polar surface area (TPSA) is 37.3 Å². The van der Waals surface area contributed by atoms with Crippen LogP contribution in [0.1, 0.15) is 26.5 Å². The van der Waals surface area contributed by atoms with Crippen molar-refractivity contribution in [1.82, 2.24) is 9.38 Å². The number of H-pyrrole nitrogens is 1. The molecular weight excluding hydrogens is 176 g/mol. The molecule has 0 saturated heterocycles. The zero-order valence-electron chi connectivity index (χ0n) is 8.66. The molecule has 0 saturated carbocycles. The second kappa shape index (κ2) is 2.74. The predicted molar refractivity (Wildman–Crippen MR) is 56.7 cm³/mol. The van der Waals surface area contributed by atoms with Crippen LogP contribution in [0, 0.1) is 0 Å². The van der Waals surface area contributed by atoms with Gasteiger partial charge in [-0.15, -0.1) is 0 Å². The average molecular weight is 190 g/mol. The Morgan fingerprint density at radius 3 is 2.71 bits per heavy atom. The lowest BCUT2D eigenvalue weighted by Crippen LogP contribution is -2.20. The molecule has 0 aliphatic heterocycles. The van der Waals surface area contributed by atoms with Crippen molar-refractivity contribution in [2.45, 2.75) is 26.2 Å². The minimum atomic E-state index is -0.0389. The number of nitrogens with one attached hydrogen (secondary N) is 1. The molecule has 0 radical (unpaired) electrons. The van der Waals surface area contributed by atoms with Crippen LogP contribution < -0.4 is 5.56 Å². The number of rotatable bonds is 0. The van der Waals surface area contributed by atoms with Gasteiger partial charge >= 0.3 is 0 Å². The van der Waals surface area contributed by atoms with E-state index in [0.29, 0.717) is 5.52 Å². The first-order chi connectivity index (χ1) is 6.50. The van der Waals surface area contributed by atoms with Crippen LogP contribution in [0.25, 0.3) is 5.52 Å². The van der Waals surface area contributed by atoms with Gasteiger partial charge in [-0.2, -0.15) is 0 Å². The lowest BCUT2D eigenvalue weighted by Gasteiger charge is -2.20. The van der Waals surface area contributed by atoms with E-state index in [-0.39, 0.29) is 11.0 Å². The van der Waals surface area contributed by atoms with Crippen molar-refractivity contribution in [3.8, 4) is 0 Å². The molecule has 0 aliphatic rings. The predicted octanol–water partition coefficient (Wildman–Crippen LogP) is 1.93. The maximum Gasteiger partial charge on any atom is 0.272 e. The molecule has 0 bridgehead atoms. The van der Waals surface area contributed by atoms with E-state index in [1.165, 1.54) is 0 Å². The summed E-state index contributed by atoms with van der Waals surface area (Å²) in [6.07, 6.45) is 3.71. The quantitative estimate of drug-likeness (QED) is 0.677. The van der Waals surface area contributed by atoms with Crippen LogP contribution in [0.15, 0.2) is 29.3 Å². The van der Waals surface area contributed by atoms with Gasteiger partial charge in [0.25, 0.3) is 5.56 Å². The highest BCUT2D eigenvalue weighted by Gasteiger charge is 2.17. The monoisotopic (exact) mass is 190 g/mol. The summed E-state index contributed by atoms with van der Waals surface area (Å²) in [4.78, 5) is 14.2. The zero-order chi connectivity index (χ0) is 10.3. The Hall–Kier alpha value is -1.51. The number of hydrogen-bond acceptors (Lipinski definition) is 1. The van der Waals surface area contributed by atoms with Gasteiger partial charge in [0.15, 0.2) is 0 Å². The lowest BCUT2D eigenvalue weighted by molar-refractivity contribution is 0.557. The molecule has 1 N–H and O–H groups in total. The highest BCUT2D eigenvalue weighted by Crippen LogP contribution is 2.21. The highest BCUT2D eigenvalue weighted by molar-refractivity contribution is 5.46. The van der Waals surface area contributed by atoms with Gasteiger partial charge in [0, 0.05) is 23.5 Å². The third-order valence-electron chi connectivity index (χ3n) is 2.35. The van der Waals surface area contributed by atoms with Crippen molar-refractivity contribution >= 4 is 5.52 Å². The summed E-state index contributed by atoms with van der Waals surface area (Å²) in [5.74, 6) is 0. The van der Waals surface area contributed by atoms with E-state index in [1.54, 1.807) is 6.20 Å². The van der Waals surface area contributed by atoms with Gasteiger partial charge in [0.1, 0.15) is 5.52 Å². The van der Waals surface area contributed by atoms with Gasteiger partial charge < -0.3 is 9.38 Å². The molecule has 0 spiro atoms. The summed E-state index contributed by atoms with van der Waals surface area (Å²) in [5.41, 5.74) is 1.80. The van der Waals surface area contributed by atoms with E-state index in [2.05, 4.69) is 25.8 Å². The van der Waals surface area contributed by atoms with Crippen LogP contribution in [0.5, 0.6) is 0 Å². The van der Waals surface area contributed by atoms with Gasteiger partial charge in [-0.25, -0.2) is 0 Å². The van der Waals surface area contributed by atoms with E-state index in [4.69, 9.17) is 0 Å². The van der Waals surface area contributed by atoms with Crippen molar-refractivity contribution < 1.29 is 0 Å². The highest BCUT2D eigenvalue weighted by atomic mass is 16.1. The van der Waals surface area contributed by atoms with Gasteiger partial charge in [0.05, 0.1) is 0 Å². The average Bonchev–Trinajstić information content (AvgIpc) is 2.50. The molecule has 3 nitrogen and oxygen atoms in total. The molecule has 2 rings (SSSR count). The Labute approximate surface area is 82.4 Å². The normalized spacial score (nSPS) is 12.2. The van der Waals surface area contributed by atoms with E-state index in [0.717, 1.165) is 5.69 Å². The molecule has 2 aromatic rings. The van der Waals surface area contributed by atoms with Crippen molar-refractivity contribution in [2.75, 3.05) is 0 Å². The third-order valence-corrected chi connectivity index (χ3v) is 2.35. The Kier molecular flexibility index (Phi) is 1.77. The summed E-state index contributed by atoms with van der Waals surface area (Å²) >= 11 is 0. The van der Waals surface area contributed by atoms with Crippen molar-refractivity contribution in [3.63, 3.8) is 0 Å². The molecule has 74 valence electrons. The molecule has 0 aromatic carbocycles. The summed E-state index contributed by atoms with van der Waals surface area (Å²) < 4.78 is 1.94. The number of nitrogens with zero attached hydrogens (tertiary/aromatic N) is 1. The molecule has 0 amide bonds. The number of fused-ring (bicyclic) bond motifs is 1. The van der Waals surface area contributed by atoms with Gasteiger partial charge in [0.2, 0.25) is 0 Å². The molecule has 14 heavy (non-hydrogen) atoms. The van der Waals surface area contributed by atoms with Crippen LogP contribution in [0.3, 0.4) is 0 Å². The minimum Gasteiger partial charge on any atom is -0.326 e. The van der Waals surface area contributed by atoms with Crippen LogP contribution in [0.2, 0.25) is 0 Å². The first-order valence-electron chi connectivity index (χ1n) is 4.69. The van der Waals surface area contributed by atoms with E-state index in [1.807, 2.05) is 22.7 Å². The Balaban J connectivity index is 2.86. The fourth-order valence-electron chi connectivity index (χ4n) is 1.63. The van der Waals surface area contributed by atoms with Gasteiger partial charge in [-0.05, 0) is 12.1 Å². The van der Waals surface area contributed by atoms with E-state index >= 15 is 0 Å². The molecule has 0 fully saturated rings. The molecule has 3 heteroatoms. The molecular formula is C11H14N2O. The van der Waals surface area contributed by atoms with E-state index < -0.39 is 0 Å². The smallest absolute Gasteiger partial charge is 0.272 e. The summed E-state index contributed by atoms with van der Waals surface area (Å²) in [6.45, 7) is 6.38. The van der Waals surface area contributed by atoms with Crippen LogP contribution in [-0.2, 0) is 5.41 Å². The molecule has 2 aromatic heterocycles. The fraction of sp³-hybridized carbons (Fsp3) is 0.364. The van der Waals surface area contributed by atoms with Crippen molar-refractivity contribution in [3.05, 3.63) is 40.6 Å². The van der Waals surface area contributed by atoms with Crippen LogP contribution in [0.4, 0.5) is 0 Å².